The van der Waals surface area contributed by atoms with Crippen molar-refractivity contribution < 1.29 is 4.79 Å². The van der Waals surface area contributed by atoms with Gasteiger partial charge in [-0.2, -0.15) is 11.3 Å². The molecule has 100 valence electrons. The topological polar surface area (TPSA) is 35.6 Å². The molecule has 1 aliphatic heterocycles. The quantitative estimate of drug-likeness (QED) is 0.898. The molecule has 5 heteroatoms. The van der Waals surface area contributed by atoms with Crippen LogP contribution in [0.1, 0.15) is 25.6 Å². The summed E-state index contributed by atoms with van der Waals surface area (Å²) in [6, 6.07) is 2.34. The average Bonchev–Trinajstić information content (AvgIpc) is 2.92. The number of hydrogen-bond acceptors (Lipinski definition) is 4. The molecule has 4 nitrogen and oxygen atoms in total. The first-order chi connectivity index (χ1) is 8.50. The van der Waals surface area contributed by atoms with Gasteiger partial charge in [-0.1, -0.05) is 0 Å². The van der Waals surface area contributed by atoms with Crippen LogP contribution in [-0.2, 0) is 4.79 Å². The zero-order chi connectivity index (χ0) is 13.3. The van der Waals surface area contributed by atoms with Gasteiger partial charge in [-0.25, -0.2) is 0 Å². The first-order valence-electron chi connectivity index (χ1n) is 6.25. The highest BCUT2D eigenvalue weighted by Gasteiger charge is 2.37. The van der Waals surface area contributed by atoms with Crippen molar-refractivity contribution in [2.45, 2.75) is 32.1 Å². The highest BCUT2D eigenvalue weighted by Crippen LogP contribution is 2.27. The van der Waals surface area contributed by atoms with E-state index < -0.39 is 0 Å². The SMILES string of the molecule is CC1NC(c2ccsc2)N(CC(C)N(C)C)C1=O. The summed E-state index contributed by atoms with van der Waals surface area (Å²) in [5.74, 6) is 0.194. The van der Waals surface area contributed by atoms with Crippen molar-refractivity contribution >= 4 is 17.2 Å². The smallest absolute Gasteiger partial charge is 0.241 e. The lowest BCUT2D eigenvalue weighted by Gasteiger charge is -2.29. The minimum Gasteiger partial charge on any atom is -0.320 e. The Morgan fingerprint density at radius 2 is 2.28 bits per heavy atom. The highest BCUT2D eigenvalue weighted by molar-refractivity contribution is 7.07. The summed E-state index contributed by atoms with van der Waals surface area (Å²) in [6.07, 6.45) is 0.0288. The second-order valence-corrected chi connectivity index (χ2v) is 5.93. The molecule has 0 bridgehead atoms. The fourth-order valence-electron chi connectivity index (χ4n) is 2.12. The maximum atomic E-state index is 12.2. The van der Waals surface area contributed by atoms with E-state index in [-0.39, 0.29) is 18.1 Å². The Morgan fingerprint density at radius 1 is 1.56 bits per heavy atom. The number of nitrogens with zero attached hydrogens (tertiary/aromatic N) is 2. The molecule has 1 fully saturated rings. The van der Waals surface area contributed by atoms with Gasteiger partial charge in [-0.3, -0.25) is 10.1 Å². The van der Waals surface area contributed by atoms with Gasteiger partial charge in [0.1, 0.15) is 6.17 Å². The lowest BCUT2D eigenvalue weighted by molar-refractivity contribution is -0.130. The lowest BCUT2D eigenvalue weighted by Crippen LogP contribution is -2.41. The molecule has 1 N–H and O–H groups in total. The van der Waals surface area contributed by atoms with Crippen LogP contribution >= 0.6 is 11.3 Å². The predicted octanol–water partition coefficient (Wildman–Crippen LogP) is 1.52. The van der Waals surface area contributed by atoms with E-state index in [0.717, 1.165) is 6.54 Å². The Balaban J connectivity index is 2.16. The summed E-state index contributed by atoms with van der Waals surface area (Å²) in [5, 5.41) is 7.53. The van der Waals surface area contributed by atoms with Gasteiger partial charge in [0.25, 0.3) is 0 Å². The number of hydrogen-bond donors (Lipinski definition) is 1. The Morgan fingerprint density at radius 3 is 2.83 bits per heavy atom. The van der Waals surface area contributed by atoms with Crippen molar-refractivity contribution in [3.63, 3.8) is 0 Å². The van der Waals surface area contributed by atoms with Crippen molar-refractivity contribution in [2.24, 2.45) is 0 Å². The van der Waals surface area contributed by atoms with E-state index >= 15 is 0 Å². The van der Waals surface area contributed by atoms with E-state index in [1.54, 1.807) is 11.3 Å². The van der Waals surface area contributed by atoms with E-state index in [1.165, 1.54) is 5.56 Å². The van der Waals surface area contributed by atoms with Gasteiger partial charge < -0.3 is 9.80 Å². The van der Waals surface area contributed by atoms with Crippen LogP contribution in [0, 0.1) is 0 Å². The second kappa shape index (κ2) is 5.38. The molecule has 3 atom stereocenters. The largest absolute Gasteiger partial charge is 0.320 e. The molecule has 2 heterocycles. The average molecular weight is 267 g/mol. The molecule has 1 amide bonds. The summed E-state index contributed by atoms with van der Waals surface area (Å²) < 4.78 is 0. The minimum absolute atomic E-state index is 0.0288. The Kier molecular flexibility index (Phi) is 4.04. The zero-order valence-electron chi connectivity index (χ0n) is 11.4. The van der Waals surface area contributed by atoms with Crippen molar-refractivity contribution in [1.29, 1.82) is 0 Å². The van der Waals surface area contributed by atoms with Crippen LogP contribution < -0.4 is 5.32 Å². The second-order valence-electron chi connectivity index (χ2n) is 5.15. The molecule has 0 aromatic carbocycles. The van der Waals surface area contributed by atoms with Gasteiger partial charge in [-0.05, 0) is 50.3 Å². The van der Waals surface area contributed by atoms with Crippen LogP contribution in [0.25, 0.3) is 0 Å². The summed E-state index contributed by atoms with van der Waals surface area (Å²) in [4.78, 5) is 16.3. The van der Waals surface area contributed by atoms with E-state index in [4.69, 9.17) is 0 Å². The number of carbonyl (C=O) groups excluding carboxylic acids is 1. The maximum absolute atomic E-state index is 12.2. The molecular formula is C13H21N3OS. The van der Waals surface area contributed by atoms with Crippen molar-refractivity contribution in [3.8, 4) is 0 Å². The van der Waals surface area contributed by atoms with Gasteiger partial charge in [0.2, 0.25) is 5.91 Å². The minimum atomic E-state index is -0.0933. The molecule has 0 saturated carbocycles. The Labute approximate surface area is 113 Å². The first-order valence-corrected chi connectivity index (χ1v) is 7.20. The molecule has 0 radical (unpaired) electrons. The van der Waals surface area contributed by atoms with E-state index in [0.29, 0.717) is 6.04 Å². The van der Waals surface area contributed by atoms with Crippen LogP contribution in [0.5, 0.6) is 0 Å². The van der Waals surface area contributed by atoms with Crippen molar-refractivity contribution in [3.05, 3.63) is 22.4 Å². The van der Waals surface area contributed by atoms with E-state index in [9.17, 15) is 4.79 Å². The van der Waals surface area contributed by atoms with E-state index in [1.807, 2.05) is 25.9 Å². The molecule has 2 rings (SSSR count). The molecule has 0 aliphatic carbocycles. The molecule has 1 saturated heterocycles. The molecule has 1 aliphatic rings. The number of rotatable bonds is 4. The molecule has 3 unspecified atom stereocenters. The van der Waals surface area contributed by atoms with Gasteiger partial charge in [0, 0.05) is 12.6 Å². The Bertz CT molecular complexity index is 404. The van der Waals surface area contributed by atoms with Crippen LogP contribution in [-0.4, -0.2) is 48.4 Å². The number of amides is 1. The van der Waals surface area contributed by atoms with Gasteiger partial charge >= 0.3 is 0 Å². The summed E-state index contributed by atoms with van der Waals surface area (Å²) in [5.41, 5.74) is 1.18. The standard InChI is InChI=1S/C13H21N3OS/c1-9(15(3)4)7-16-12(11-5-6-18-8-11)14-10(2)13(16)17/h5-6,8-10,12,14H,7H2,1-4H3. The number of nitrogens with one attached hydrogen (secondary N) is 1. The fraction of sp³-hybridized carbons (Fsp3) is 0.615. The van der Waals surface area contributed by atoms with Gasteiger partial charge in [0.15, 0.2) is 0 Å². The van der Waals surface area contributed by atoms with Crippen molar-refractivity contribution in [1.82, 2.24) is 15.1 Å². The van der Waals surface area contributed by atoms with Crippen LogP contribution in [0.2, 0.25) is 0 Å². The summed E-state index contributed by atoms with van der Waals surface area (Å²) in [7, 11) is 4.09. The summed E-state index contributed by atoms with van der Waals surface area (Å²) >= 11 is 1.67. The number of likely N-dealkylation sites (N-methyl/N-ethyl adjacent to an activating group) is 1. The van der Waals surface area contributed by atoms with Crippen LogP contribution in [0.4, 0.5) is 0 Å². The third-order valence-electron chi connectivity index (χ3n) is 3.57. The highest BCUT2D eigenvalue weighted by atomic mass is 32.1. The zero-order valence-corrected chi connectivity index (χ0v) is 12.2. The number of thiophene rings is 1. The molecule has 1 aromatic rings. The Hall–Kier alpha value is -0.910. The molecular weight excluding hydrogens is 246 g/mol. The molecule has 1 aromatic heterocycles. The summed E-state index contributed by atoms with van der Waals surface area (Å²) in [6.45, 7) is 4.83. The van der Waals surface area contributed by atoms with Crippen LogP contribution in [0.15, 0.2) is 16.8 Å². The third kappa shape index (κ3) is 2.58. The maximum Gasteiger partial charge on any atom is 0.241 e. The lowest BCUT2D eigenvalue weighted by atomic mass is 10.2. The van der Waals surface area contributed by atoms with E-state index in [2.05, 4.69) is 34.0 Å². The normalized spacial score (nSPS) is 26.1. The predicted molar refractivity (Wildman–Crippen MR) is 74.5 cm³/mol. The first kappa shape index (κ1) is 13.5. The monoisotopic (exact) mass is 267 g/mol. The van der Waals surface area contributed by atoms with Crippen molar-refractivity contribution in [2.75, 3.05) is 20.6 Å². The number of carbonyl (C=O) groups is 1. The molecule has 18 heavy (non-hydrogen) atoms. The van der Waals surface area contributed by atoms with Gasteiger partial charge in [0.05, 0.1) is 6.04 Å². The third-order valence-corrected chi connectivity index (χ3v) is 4.28. The van der Waals surface area contributed by atoms with Crippen LogP contribution in [0.3, 0.4) is 0 Å². The van der Waals surface area contributed by atoms with Gasteiger partial charge in [-0.15, -0.1) is 0 Å². The fourth-order valence-corrected chi connectivity index (χ4v) is 2.80. The molecule has 0 spiro atoms.